The van der Waals surface area contributed by atoms with Crippen molar-refractivity contribution in [3.8, 4) is 11.5 Å². The Bertz CT molecular complexity index is 835. The minimum Gasteiger partial charge on any atom is -0.403 e. The maximum Gasteiger partial charge on any atom is 0.322 e. The molecule has 0 fully saturated rings. The van der Waals surface area contributed by atoms with Crippen LogP contribution < -0.4 is 5.32 Å². The maximum absolute atomic E-state index is 12.2. The fourth-order valence-electron chi connectivity index (χ4n) is 1.83. The van der Waals surface area contributed by atoms with Crippen LogP contribution in [0.15, 0.2) is 52.9 Å². The van der Waals surface area contributed by atoms with Gasteiger partial charge >= 0.3 is 6.01 Å². The van der Waals surface area contributed by atoms with Crippen molar-refractivity contribution in [2.75, 3.05) is 5.32 Å². The predicted molar refractivity (Wildman–Crippen MR) is 91.9 cm³/mol. The molecule has 0 atom stereocenters. The number of rotatable bonds is 3. The van der Waals surface area contributed by atoms with Crippen LogP contribution in [0.25, 0.3) is 11.5 Å². The van der Waals surface area contributed by atoms with Crippen molar-refractivity contribution in [3.05, 3.63) is 62.7 Å². The van der Waals surface area contributed by atoms with Crippen molar-refractivity contribution >= 4 is 46.1 Å². The van der Waals surface area contributed by atoms with Gasteiger partial charge in [0.2, 0.25) is 0 Å². The molecule has 2 aromatic carbocycles. The summed E-state index contributed by atoms with van der Waals surface area (Å²) in [6, 6.07) is 14.4. The summed E-state index contributed by atoms with van der Waals surface area (Å²) < 4.78 is 6.28. The van der Waals surface area contributed by atoms with Gasteiger partial charge in [0.25, 0.3) is 11.8 Å². The zero-order valence-electron chi connectivity index (χ0n) is 11.1. The standard InChI is InChI=1S/C15H9ClIN3O2/c16-11-7-3-1-5-9(11)14-19-20-15(22-14)18-13(21)10-6-2-4-8-12(10)17/h1-8H,(H,18,20,21). The van der Waals surface area contributed by atoms with E-state index in [-0.39, 0.29) is 17.8 Å². The maximum atomic E-state index is 12.2. The third-order valence-electron chi connectivity index (χ3n) is 2.87. The van der Waals surface area contributed by atoms with E-state index < -0.39 is 0 Å². The van der Waals surface area contributed by atoms with E-state index in [1.54, 1.807) is 24.3 Å². The van der Waals surface area contributed by atoms with Crippen molar-refractivity contribution in [2.24, 2.45) is 0 Å². The number of benzene rings is 2. The molecule has 3 aromatic rings. The number of hydrogen-bond donors (Lipinski definition) is 1. The number of hydrogen-bond acceptors (Lipinski definition) is 4. The third-order valence-corrected chi connectivity index (χ3v) is 4.14. The molecule has 0 aliphatic carbocycles. The summed E-state index contributed by atoms with van der Waals surface area (Å²) in [5, 5.41) is 10.8. The van der Waals surface area contributed by atoms with E-state index in [0.717, 1.165) is 3.57 Å². The number of halogens is 2. The second-order valence-electron chi connectivity index (χ2n) is 4.33. The molecule has 1 N–H and O–H groups in total. The van der Waals surface area contributed by atoms with Gasteiger partial charge < -0.3 is 4.42 Å². The Labute approximate surface area is 144 Å². The van der Waals surface area contributed by atoms with Gasteiger partial charge in [-0.2, -0.15) is 0 Å². The summed E-state index contributed by atoms with van der Waals surface area (Å²) in [4.78, 5) is 12.2. The normalized spacial score (nSPS) is 10.5. The summed E-state index contributed by atoms with van der Waals surface area (Å²) in [6.45, 7) is 0. The van der Waals surface area contributed by atoms with Crippen molar-refractivity contribution in [1.82, 2.24) is 10.2 Å². The molecule has 110 valence electrons. The molecule has 3 rings (SSSR count). The number of carbonyl (C=O) groups is 1. The highest BCUT2D eigenvalue weighted by Crippen LogP contribution is 2.27. The first-order valence-corrected chi connectivity index (χ1v) is 7.75. The third kappa shape index (κ3) is 3.12. The Kier molecular flexibility index (Phi) is 4.39. The topological polar surface area (TPSA) is 68.0 Å². The number of nitrogens with zero attached hydrogens (tertiary/aromatic N) is 2. The monoisotopic (exact) mass is 425 g/mol. The van der Waals surface area contributed by atoms with Crippen LogP contribution in [-0.2, 0) is 0 Å². The minimum absolute atomic E-state index is 0.0274. The van der Waals surface area contributed by atoms with Crippen LogP contribution in [0.3, 0.4) is 0 Å². The van der Waals surface area contributed by atoms with Gasteiger partial charge in [0.1, 0.15) is 0 Å². The summed E-state index contributed by atoms with van der Waals surface area (Å²) in [7, 11) is 0. The van der Waals surface area contributed by atoms with Crippen molar-refractivity contribution < 1.29 is 9.21 Å². The summed E-state index contributed by atoms with van der Waals surface area (Å²) >= 11 is 8.17. The number of anilines is 1. The van der Waals surface area contributed by atoms with Gasteiger partial charge in [-0.25, -0.2) is 0 Å². The molecule has 7 heteroatoms. The van der Waals surface area contributed by atoms with Crippen LogP contribution >= 0.6 is 34.2 Å². The largest absolute Gasteiger partial charge is 0.403 e. The summed E-state index contributed by atoms with van der Waals surface area (Å²) in [5.74, 6) is -0.0528. The van der Waals surface area contributed by atoms with E-state index in [0.29, 0.717) is 16.1 Å². The van der Waals surface area contributed by atoms with Gasteiger partial charge in [-0.15, -0.1) is 5.10 Å². The van der Waals surface area contributed by atoms with E-state index >= 15 is 0 Å². The quantitative estimate of drug-likeness (QED) is 0.637. The van der Waals surface area contributed by atoms with E-state index in [1.165, 1.54) is 0 Å². The second-order valence-corrected chi connectivity index (χ2v) is 5.90. The lowest BCUT2D eigenvalue weighted by Gasteiger charge is -2.02. The van der Waals surface area contributed by atoms with E-state index in [2.05, 4.69) is 38.1 Å². The first-order chi connectivity index (χ1) is 10.6. The first-order valence-electron chi connectivity index (χ1n) is 6.29. The average Bonchev–Trinajstić information content (AvgIpc) is 2.96. The fraction of sp³-hybridized carbons (Fsp3) is 0. The van der Waals surface area contributed by atoms with Gasteiger partial charge in [-0.05, 0) is 46.9 Å². The molecule has 0 bridgehead atoms. The lowest BCUT2D eigenvalue weighted by Crippen LogP contribution is -2.13. The predicted octanol–water partition coefficient (Wildman–Crippen LogP) is 4.25. The zero-order chi connectivity index (χ0) is 15.5. The van der Waals surface area contributed by atoms with Gasteiger partial charge in [0.05, 0.1) is 16.1 Å². The Hall–Kier alpha value is -1.93. The lowest BCUT2D eigenvalue weighted by molar-refractivity contribution is 0.102. The molecule has 0 saturated heterocycles. The summed E-state index contributed by atoms with van der Waals surface area (Å²) in [5.41, 5.74) is 1.16. The molecule has 22 heavy (non-hydrogen) atoms. The highest BCUT2D eigenvalue weighted by atomic mass is 127. The molecule has 0 aliphatic rings. The van der Waals surface area contributed by atoms with Crippen molar-refractivity contribution in [1.29, 1.82) is 0 Å². The molecule has 0 saturated carbocycles. The zero-order valence-corrected chi connectivity index (χ0v) is 14.0. The molecule has 1 heterocycles. The van der Waals surface area contributed by atoms with Crippen LogP contribution in [0, 0.1) is 3.57 Å². The number of nitrogens with one attached hydrogen (secondary N) is 1. The highest BCUT2D eigenvalue weighted by Gasteiger charge is 2.15. The van der Waals surface area contributed by atoms with Crippen LogP contribution in [0.4, 0.5) is 6.01 Å². The van der Waals surface area contributed by atoms with Crippen molar-refractivity contribution in [3.63, 3.8) is 0 Å². The van der Waals surface area contributed by atoms with E-state index in [1.807, 2.05) is 24.3 Å². The minimum atomic E-state index is -0.306. The van der Waals surface area contributed by atoms with Crippen LogP contribution in [0.1, 0.15) is 10.4 Å². The van der Waals surface area contributed by atoms with E-state index in [4.69, 9.17) is 16.0 Å². The SMILES string of the molecule is O=C(Nc1nnc(-c2ccccc2Cl)o1)c1ccccc1I. The van der Waals surface area contributed by atoms with Gasteiger partial charge in [-0.1, -0.05) is 41.0 Å². The van der Waals surface area contributed by atoms with Crippen LogP contribution in [0.2, 0.25) is 5.02 Å². The van der Waals surface area contributed by atoms with E-state index in [9.17, 15) is 4.79 Å². The van der Waals surface area contributed by atoms with Gasteiger partial charge in [0, 0.05) is 3.57 Å². The molecule has 1 aromatic heterocycles. The fourth-order valence-corrected chi connectivity index (χ4v) is 2.68. The molecular formula is C15H9ClIN3O2. The lowest BCUT2D eigenvalue weighted by atomic mass is 10.2. The molecule has 5 nitrogen and oxygen atoms in total. The molecule has 0 unspecified atom stereocenters. The Morgan fingerprint density at radius 1 is 1.09 bits per heavy atom. The van der Waals surface area contributed by atoms with Crippen LogP contribution in [-0.4, -0.2) is 16.1 Å². The molecular weight excluding hydrogens is 417 g/mol. The average molecular weight is 426 g/mol. The smallest absolute Gasteiger partial charge is 0.322 e. The van der Waals surface area contributed by atoms with Gasteiger partial charge in [-0.3, -0.25) is 10.1 Å². The highest BCUT2D eigenvalue weighted by molar-refractivity contribution is 14.1. The molecule has 1 amide bonds. The molecule has 0 aliphatic heterocycles. The molecule has 0 radical (unpaired) electrons. The van der Waals surface area contributed by atoms with Gasteiger partial charge in [0.15, 0.2) is 0 Å². The first kappa shape index (κ1) is 15.0. The Morgan fingerprint density at radius 3 is 2.59 bits per heavy atom. The number of amides is 1. The van der Waals surface area contributed by atoms with Crippen molar-refractivity contribution in [2.45, 2.75) is 0 Å². The number of carbonyl (C=O) groups excluding carboxylic acids is 1. The Morgan fingerprint density at radius 2 is 1.82 bits per heavy atom. The second kappa shape index (κ2) is 6.45. The Balaban J connectivity index is 1.82. The number of aromatic nitrogens is 2. The summed E-state index contributed by atoms with van der Waals surface area (Å²) in [6.07, 6.45) is 0. The van der Waals surface area contributed by atoms with Crippen LogP contribution in [0.5, 0.6) is 0 Å². The molecule has 0 spiro atoms.